The third-order valence-corrected chi connectivity index (χ3v) is 3.50. The van der Waals surface area contributed by atoms with E-state index in [1.54, 1.807) is 6.07 Å². The van der Waals surface area contributed by atoms with E-state index in [0.29, 0.717) is 6.54 Å². The van der Waals surface area contributed by atoms with Crippen LogP contribution in [0.2, 0.25) is 0 Å². The summed E-state index contributed by atoms with van der Waals surface area (Å²) in [5.41, 5.74) is 1.87. The minimum Gasteiger partial charge on any atom is -0.306 e. The zero-order valence-corrected chi connectivity index (χ0v) is 12.0. The molecule has 0 radical (unpaired) electrons. The molecule has 0 heterocycles. The summed E-state index contributed by atoms with van der Waals surface area (Å²) < 4.78 is 26.9. The van der Waals surface area contributed by atoms with Crippen molar-refractivity contribution in [1.29, 1.82) is 0 Å². The van der Waals surface area contributed by atoms with Crippen LogP contribution in [0.5, 0.6) is 0 Å². The summed E-state index contributed by atoms with van der Waals surface area (Å²) in [6, 6.07) is 12.1. The summed E-state index contributed by atoms with van der Waals surface area (Å²) in [6.07, 6.45) is 0. The molecule has 19 heavy (non-hydrogen) atoms. The molecule has 0 amide bonds. The Labute approximate surface area is 119 Å². The lowest BCUT2D eigenvalue weighted by Crippen LogP contribution is -2.18. The largest absolute Gasteiger partial charge is 0.306 e. The zero-order valence-electron chi connectivity index (χ0n) is 10.5. The molecular formula is C15H14BrF2N. The number of nitrogens with one attached hydrogen (secondary N) is 1. The highest BCUT2D eigenvalue weighted by atomic mass is 79.9. The van der Waals surface area contributed by atoms with E-state index >= 15 is 0 Å². The van der Waals surface area contributed by atoms with Crippen molar-refractivity contribution >= 4 is 15.9 Å². The highest BCUT2D eigenvalue weighted by Crippen LogP contribution is 2.17. The third kappa shape index (κ3) is 3.85. The predicted octanol–water partition coefficient (Wildman–Crippen LogP) is 4.58. The fourth-order valence-corrected chi connectivity index (χ4v) is 2.05. The Morgan fingerprint density at radius 2 is 1.74 bits per heavy atom. The van der Waals surface area contributed by atoms with Gasteiger partial charge in [-0.3, -0.25) is 0 Å². The molecule has 0 spiro atoms. The minimum absolute atomic E-state index is 0.140. The Balaban J connectivity index is 1.98. The second-order valence-corrected chi connectivity index (χ2v) is 5.32. The Morgan fingerprint density at radius 1 is 1.05 bits per heavy atom. The molecule has 0 aliphatic carbocycles. The summed E-state index contributed by atoms with van der Waals surface area (Å²) in [6.45, 7) is 2.53. The van der Waals surface area contributed by atoms with Gasteiger partial charge >= 0.3 is 0 Å². The average Bonchev–Trinajstić information content (AvgIpc) is 2.40. The summed E-state index contributed by atoms with van der Waals surface area (Å²) in [5, 5.41) is 3.28. The molecular weight excluding hydrogens is 312 g/mol. The number of hydrogen-bond donors (Lipinski definition) is 1. The van der Waals surface area contributed by atoms with Crippen molar-refractivity contribution in [1.82, 2.24) is 5.32 Å². The molecule has 0 saturated carbocycles. The number of benzene rings is 2. The van der Waals surface area contributed by atoms with Crippen LogP contribution in [0.15, 0.2) is 46.9 Å². The molecule has 2 aromatic rings. The number of halogens is 3. The van der Waals surface area contributed by atoms with Crippen LogP contribution in [0.1, 0.15) is 24.1 Å². The van der Waals surface area contributed by atoms with Gasteiger partial charge in [0, 0.05) is 17.1 Å². The molecule has 1 N–H and O–H groups in total. The Morgan fingerprint density at radius 3 is 2.37 bits per heavy atom. The zero-order chi connectivity index (χ0) is 13.8. The highest BCUT2D eigenvalue weighted by Gasteiger charge is 2.06. The third-order valence-electron chi connectivity index (χ3n) is 2.97. The van der Waals surface area contributed by atoms with Gasteiger partial charge in [0.2, 0.25) is 0 Å². The molecule has 100 valence electrons. The van der Waals surface area contributed by atoms with E-state index in [1.807, 2.05) is 31.2 Å². The minimum atomic E-state index is -0.815. The quantitative estimate of drug-likeness (QED) is 0.867. The molecule has 0 fully saturated rings. The van der Waals surface area contributed by atoms with Crippen molar-refractivity contribution in [3.8, 4) is 0 Å². The van der Waals surface area contributed by atoms with Crippen LogP contribution >= 0.6 is 15.9 Å². The standard InChI is InChI=1S/C15H14BrF2N/c1-10(12-3-5-13(16)6-4-12)19-9-11-2-7-14(17)15(18)8-11/h2-8,10,19H,9H2,1H3/t10-/m1/s1. The second kappa shape index (κ2) is 6.26. The molecule has 0 unspecified atom stereocenters. The monoisotopic (exact) mass is 325 g/mol. The lowest BCUT2D eigenvalue weighted by atomic mass is 10.1. The first-order valence-electron chi connectivity index (χ1n) is 5.99. The lowest BCUT2D eigenvalue weighted by molar-refractivity contribution is 0.504. The lowest BCUT2D eigenvalue weighted by Gasteiger charge is -2.14. The smallest absolute Gasteiger partial charge is 0.159 e. The molecule has 0 aromatic heterocycles. The van der Waals surface area contributed by atoms with Gasteiger partial charge in [0.25, 0.3) is 0 Å². The van der Waals surface area contributed by atoms with Crippen LogP contribution < -0.4 is 5.32 Å². The SMILES string of the molecule is C[C@@H](NCc1ccc(F)c(F)c1)c1ccc(Br)cc1. The Hall–Kier alpha value is -1.26. The van der Waals surface area contributed by atoms with E-state index < -0.39 is 11.6 Å². The number of rotatable bonds is 4. The van der Waals surface area contributed by atoms with Gasteiger partial charge in [-0.05, 0) is 42.3 Å². The first kappa shape index (κ1) is 14.2. The first-order chi connectivity index (χ1) is 9.06. The van der Waals surface area contributed by atoms with Crippen molar-refractivity contribution in [2.75, 3.05) is 0 Å². The van der Waals surface area contributed by atoms with Gasteiger partial charge in [0.15, 0.2) is 11.6 Å². The molecule has 2 aromatic carbocycles. The summed E-state index contributed by atoms with van der Waals surface area (Å²) in [7, 11) is 0. The predicted molar refractivity (Wildman–Crippen MR) is 75.8 cm³/mol. The van der Waals surface area contributed by atoms with Crippen LogP contribution in [0.25, 0.3) is 0 Å². The Bertz CT molecular complexity index is 555. The number of hydrogen-bond acceptors (Lipinski definition) is 1. The van der Waals surface area contributed by atoms with Gasteiger partial charge in [-0.2, -0.15) is 0 Å². The molecule has 4 heteroatoms. The second-order valence-electron chi connectivity index (χ2n) is 4.40. The molecule has 0 bridgehead atoms. The van der Waals surface area contributed by atoms with Gasteiger partial charge < -0.3 is 5.32 Å². The van der Waals surface area contributed by atoms with Gasteiger partial charge in [0.1, 0.15) is 0 Å². The summed E-state index contributed by atoms with van der Waals surface area (Å²) in [4.78, 5) is 0. The molecule has 2 rings (SSSR count). The van der Waals surface area contributed by atoms with Gasteiger partial charge in [0.05, 0.1) is 0 Å². The molecule has 0 aliphatic rings. The van der Waals surface area contributed by atoms with E-state index in [9.17, 15) is 8.78 Å². The van der Waals surface area contributed by atoms with E-state index in [-0.39, 0.29) is 6.04 Å². The van der Waals surface area contributed by atoms with E-state index in [2.05, 4.69) is 21.2 Å². The van der Waals surface area contributed by atoms with E-state index in [4.69, 9.17) is 0 Å². The van der Waals surface area contributed by atoms with Crippen LogP contribution in [-0.2, 0) is 6.54 Å². The van der Waals surface area contributed by atoms with Gasteiger partial charge in [-0.15, -0.1) is 0 Å². The average molecular weight is 326 g/mol. The van der Waals surface area contributed by atoms with Gasteiger partial charge in [-0.25, -0.2) is 8.78 Å². The molecule has 0 aliphatic heterocycles. The van der Waals surface area contributed by atoms with Crippen LogP contribution in [-0.4, -0.2) is 0 Å². The maximum atomic E-state index is 13.1. The molecule has 1 nitrogen and oxygen atoms in total. The van der Waals surface area contributed by atoms with E-state index in [0.717, 1.165) is 21.7 Å². The van der Waals surface area contributed by atoms with Crippen LogP contribution in [0.3, 0.4) is 0 Å². The van der Waals surface area contributed by atoms with Crippen LogP contribution in [0.4, 0.5) is 8.78 Å². The maximum absolute atomic E-state index is 13.1. The van der Waals surface area contributed by atoms with Crippen LogP contribution in [0, 0.1) is 11.6 Å². The topological polar surface area (TPSA) is 12.0 Å². The fraction of sp³-hybridized carbons (Fsp3) is 0.200. The van der Waals surface area contributed by atoms with E-state index in [1.165, 1.54) is 6.07 Å². The highest BCUT2D eigenvalue weighted by molar-refractivity contribution is 9.10. The summed E-state index contributed by atoms with van der Waals surface area (Å²) >= 11 is 3.39. The summed E-state index contributed by atoms with van der Waals surface area (Å²) in [5.74, 6) is -1.62. The maximum Gasteiger partial charge on any atom is 0.159 e. The van der Waals surface area contributed by atoms with Crippen molar-refractivity contribution in [3.63, 3.8) is 0 Å². The van der Waals surface area contributed by atoms with Crippen molar-refractivity contribution < 1.29 is 8.78 Å². The van der Waals surface area contributed by atoms with Crippen molar-refractivity contribution in [2.24, 2.45) is 0 Å². The van der Waals surface area contributed by atoms with Crippen molar-refractivity contribution in [3.05, 3.63) is 69.7 Å². The molecule has 0 saturated heterocycles. The Kier molecular flexibility index (Phi) is 4.66. The fourth-order valence-electron chi connectivity index (χ4n) is 1.79. The first-order valence-corrected chi connectivity index (χ1v) is 6.78. The van der Waals surface area contributed by atoms with Gasteiger partial charge in [-0.1, -0.05) is 34.1 Å². The van der Waals surface area contributed by atoms with Crippen molar-refractivity contribution in [2.45, 2.75) is 19.5 Å². The molecule has 1 atom stereocenters. The normalized spacial score (nSPS) is 12.4.